The number of aliphatic hydroxyl groups excluding tert-OH is 1. The minimum absolute atomic E-state index is 0.0326. The second-order valence-corrected chi connectivity index (χ2v) is 13.9. The summed E-state index contributed by atoms with van der Waals surface area (Å²) < 4.78 is 39.5. The molecule has 2 N–H and O–H groups in total. The van der Waals surface area contributed by atoms with Crippen LogP contribution in [0.4, 0.5) is 0 Å². The van der Waals surface area contributed by atoms with Crippen molar-refractivity contribution in [1.82, 2.24) is 5.32 Å². The van der Waals surface area contributed by atoms with Crippen molar-refractivity contribution >= 4 is 21.6 Å². The van der Waals surface area contributed by atoms with E-state index in [4.69, 9.17) is 19.6 Å². The second kappa shape index (κ2) is 15.3. The van der Waals surface area contributed by atoms with Gasteiger partial charge in [0.05, 0.1) is 17.3 Å². The fourth-order valence-electron chi connectivity index (χ4n) is 5.82. The van der Waals surface area contributed by atoms with Crippen LogP contribution < -0.4 is 10.1 Å². The monoisotopic (exact) mass is 674 g/mol. The van der Waals surface area contributed by atoms with Crippen LogP contribution in [-0.4, -0.2) is 49.8 Å². The number of benzene rings is 5. The van der Waals surface area contributed by atoms with Crippen LogP contribution in [0, 0.1) is 0 Å². The number of carbonyl (C=O) groups is 1. The van der Waals surface area contributed by atoms with Crippen LogP contribution in [0.5, 0.6) is 5.75 Å². The number of aliphatic imine (C=N–C) groups is 1. The molecule has 5 aromatic carbocycles. The maximum Gasteiger partial charge on any atom is 0.252 e. The zero-order valence-corrected chi connectivity index (χ0v) is 27.8. The van der Waals surface area contributed by atoms with Gasteiger partial charge in [-0.15, -0.1) is 0 Å². The van der Waals surface area contributed by atoms with E-state index < -0.39 is 27.4 Å². The molecule has 8 nitrogen and oxygen atoms in total. The van der Waals surface area contributed by atoms with E-state index in [0.717, 1.165) is 16.7 Å². The highest BCUT2D eigenvalue weighted by molar-refractivity contribution is 7.91. The van der Waals surface area contributed by atoms with Gasteiger partial charge in [-0.2, -0.15) is 0 Å². The Labute approximate surface area is 287 Å². The molecule has 0 fully saturated rings. The fraction of sp³-hybridized carbons (Fsp3) is 0.200. The van der Waals surface area contributed by atoms with E-state index in [1.54, 1.807) is 54.6 Å². The van der Waals surface area contributed by atoms with Gasteiger partial charge in [0.1, 0.15) is 5.75 Å². The number of amides is 1. The van der Waals surface area contributed by atoms with Crippen molar-refractivity contribution in [1.29, 1.82) is 0 Å². The highest BCUT2D eigenvalue weighted by Gasteiger charge is 2.53. The Morgan fingerprint density at radius 2 is 1.37 bits per heavy atom. The molecule has 1 aliphatic rings. The Bertz CT molecular complexity index is 1970. The van der Waals surface area contributed by atoms with Gasteiger partial charge in [-0.25, -0.2) is 13.4 Å². The molecule has 2 atom stereocenters. The SMILES string of the molecule is O=C(NCc1ccccc1)[C@]1(CCS(=O)(=O)c2ccccc2)N=C(c2ccc(OCCCO)cc2)O[C@@H]1c1ccc(-c2ccccc2)cc1. The molecule has 49 heavy (non-hydrogen) atoms. The summed E-state index contributed by atoms with van der Waals surface area (Å²) in [5.74, 6) is 0.0815. The van der Waals surface area contributed by atoms with Gasteiger partial charge in [-0.05, 0) is 58.7 Å². The zero-order valence-electron chi connectivity index (χ0n) is 26.9. The maximum absolute atomic E-state index is 14.5. The molecule has 0 saturated heterocycles. The van der Waals surface area contributed by atoms with Gasteiger partial charge in [0.15, 0.2) is 21.5 Å². The minimum atomic E-state index is -3.77. The first kappa shape index (κ1) is 33.6. The topological polar surface area (TPSA) is 114 Å². The third kappa shape index (κ3) is 7.91. The number of aliphatic hydroxyl groups is 1. The average molecular weight is 675 g/mol. The number of nitrogens with one attached hydrogen (secondary N) is 1. The van der Waals surface area contributed by atoms with E-state index in [0.29, 0.717) is 29.9 Å². The van der Waals surface area contributed by atoms with Crippen LogP contribution in [0.1, 0.15) is 35.6 Å². The average Bonchev–Trinajstić information content (AvgIpc) is 3.56. The van der Waals surface area contributed by atoms with E-state index >= 15 is 0 Å². The molecule has 0 spiro atoms. The molecule has 0 unspecified atom stereocenters. The summed E-state index contributed by atoms with van der Waals surface area (Å²) in [7, 11) is -3.77. The highest BCUT2D eigenvalue weighted by atomic mass is 32.2. The number of ether oxygens (including phenoxy) is 2. The molecule has 1 aliphatic heterocycles. The van der Waals surface area contributed by atoms with E-state index in [-0.39, 0.29) is 36.1 Å². The van der Waals surface area contributed by atoms with Crippen LogP contribution in [0.25, 0.3) is 11.1 Å². The van der Waals surface area contributed by atoms with E-state index in [1.807, 2.05) is 84.9 Å². The van der Waals surface area contributed by atoms with Gasteiger partial charge in [-0.1, -0.05) is 103 Å². The lowest BCUT2D eigenvalue weighted by molar-refractivity contribution is -0.129. The lowest BCUT2D eigenvalue weighted by Crippen LogP contribution is -2.49. The van der Waals surface area contributed by atoms with Crippen molar-refractivity contribution in [2.24, 2.45) is 4.99 Å². The fourth-order valence-corrected chi connectivity index (χ4v) is 7.21. The van der Waals surface area contributed by atoms with Crippen LogP contribution in [-0.2, 0) is 25.9 Å². The number of sulfone groups is 1. The third-order valence-corrected chi connectivity index (χ3v) is 10.2. The normalized spacial score (nSPS) is 17.2. The molecular formula is C40H38N2O6S. The molecule has 0 aliphatic carbocycles. The Kier molecular flexibility index (Phi) is 10.5. The predicted molar refractivity (Wildman–Crippen MR) is 190 cm³/mol. The summed E-state index contributed by atoms with van der Waals surface area (Å²) in [6, 6.07) is 42.6. The summed E-state index contributed by atoms with van der Waals surface area (Å²) in [5, 5.41) is 12.1. The van der Waals surface area contributed by atoms with Crippen molar-refractivity contribution < 1.29 is 27.8 Å². The van der Waals surface area contributed by atoms with E-state index in [9.17, 15) is 13.2 Å². The molecule has 0 aromatic heterocycles. The van der Waals surface area contributed by atoms with Crippen molar-refractivity contribution in [3.8, 4) is 16.9 Å². The standard InChI is InChI=1S/C40H38N2O6S/c43-26-10-27-47-35-23-21-34(22-24-35)38-42-40(39(44)41-29-30-11-4-1-5-12-30,25-28-49(45,46)36-15-8-3-9-16-36)37(48-38)33-19-17-32(18-20-33)31-13-6-2-7-14-31/h1-9,11-24,37,43H,10,25-29H2,(H,41,44)/t37-,40-/m1/s1. The number of hydrogen-bond donors (Lipinski definition) is 2. The Balaban J connectivity index is 1.40. The largest absolute Gasteiger partial charge is 0.494 e. The molecule has 5 aromatic rings. The molecular weight excluding hydrogens is 637 g/mol. The predicted octanol–water partition coefficient (Wildman–Crippen LogP) is 6.55. The van der Waals surface area contributed by atoms with Gasteiger partial charge in [-0.3, -0.25) is 4.79 Å². The highest BCUT2D eigenvalue weighted by Crippen LogP contribution is 2.43. The molecule has 6 rings (SSSR count). The summed E-state index contributed by atoms with van der Waals surface area (Å²) in [6.45, 7) is 0.636. The molecule has 1 amide bonds. The third-order valence-electron chi connectivity index (χ3n) is 8.50. The Morgan fingerprint density at radius 1 is 0.776 bits per heavy atom. The lowest BCUT2D eigenvalue weighted by Gasteiger charge is -2.30. The smallest absolute Gasteiger partial charge is 0.252 e. The second-order valence-electron chi connectivity index (χ2n) is 11.8. The number of carbonyl (C=O) groups excluding carboxylic acids is 1. The van der Waals surface area contributed by atoms with Crippen LogP contribution in [0.3, 0.4) is 0 Å². The van der Waals surface area contributed by atoms with Crippen LogP contribution >= 0.6 is 0 Å². The van der Waals surface area contributed by atoms with Gasteiger partial charge >= 0.3 is 0 Å². The summed E-state index contributed by atoms with van der Waals surface area (Å²) in [6.07, 6.45) is -0.536. The van der Waals surface area contributed by atoms with Crippen molar-refractivity contribution in [2.45, 2.75) is 35.9 Å². The van der Waals surface area contributed by atoms with Gasteiger partial charge in [0, 0.05) is 31.6 Å². The van der Waals surface area contributed by atoms with Crippen LogP contribution in [0.2, 0.25) is 0 Å². The molecule has 0 radical (unpaired) electrons. The van der Waals surface area contributed by atoms with Gasteiger partial charge in [0.25, 0.3) is 5.91 Å². The minimum Gasteiger partial charge on any atom is -0.494 e. The molecule has 9 heteroatoms. The lowest BCUT2D eigenvalue weighted by atomic mass is 9.84. The molecule has 0 saturated carbocycles. The number of rotatable bonds is 14. The first-order chi connectivity index (χ1) is 23.9. The first-order valence-electron chi connectivity index (χ1n) is 16.2. The first-order valence-corrected chi connectivity index (χ1v) is 17.9. The van der Waals surface area contributed by atoms with Gasteiger partial charge in [0.2, 0.25) is 5.90 Å². The zero-order chi connectivity index (χ0) is 34.1. The number of hydrogen-bond acceptors (Lipinski definition) is 7. The molecule has 1 heterocycles. The van der Waals surface area contributed by atoms with Crippen molar-refractivity contribution in [2.75, 3.05) is 19.0 Å². The van der Waals surface area contributed by atoms with E-state index in [2.05, 4.69) is 5.32 Å². The van der Waals surface area contributed by atoms with Crippen molar-refractivity contribution in [3.63, 3.8) is 0 Å². The summed E-state index contributed by atoms with van der Waals surface area (Å²) in [5.41, 5.74) is 2.62. The van der Waals surface area contributed by atoms with Gasteiger partial charge < -0.3 is 19.9 Å². The Morgan fingerprint density at radius 3 is 2.02 bits per heavy atom. The molecule has 250 valence electrons. The quantitative estimate of drug-likeness (QED) is 0.129. The van der Waals surface area contributed by atoms with E-state index in [1.165, 1.54) is 0 Å². The Hall–Kier alpha value is -5.25. The van der Waals surface area contributed by atoms with Crippen molar-refractivity contribution in [3.05, 3.63) is 156 Å². The molecule has 0 bridgehead atoms. The number of nitrogens with zero attached hydrogens (tertiary/aromatic N) is 1. The summed E-state index contributed by atoms with van der Waals surface area (Å²) >= 11 is 0. The van der Waals surface area contributed by atoms with Crippen LogP contribution in [0.15, 0.2) is 149 Å². The maximum atomic E-state index is 14.5. The summed E-state index contributed by atoms with van der Waals surface area (Å²) in [4.78, 5) is 19.7.